The van der Waals surface area contributed by atoms with Crippen molar-refractivity contribution < 1.29 is 13.9 Å². The fraction of sp³-hybridized carbons (Fsp3) is 0.321. The summed E-state index contributed by atoms with van der Waals surface area (Å²) < 4.78 is 21.5. The Hall–Kier alpha value is -3.59. The molecule has 1 aliphatic heterocycles. The van der Waals surface area contributed by atoms with Crippen LogP contribution in [0.3, 0.4) is 0 Å². The van der Waals surface area contributed by atoms with Crippen LogP contribution >= 0.6 is 11.8 Å². The molecule has 1 saturated heterocycles. The van der Waals surface area contributed by atoms with E-state index >= 15 is 0 Å². The molecule has 1 aliphatic carbocycles. The standard InChI is InChI=1S/C28H28FN5O2S/c1-17-11-19(5-8-23(17)28(35)32-21-6-7-21)25-15-31-27-24(30-14-18-9-10-37-16-18)13-26(33-34(25)27)36-22-4-2-3-20(29)12-22/h2-5,8,11-13,15,18,21,30H,6-7,9-10,14,16H2,1H3,(H,32,35). The van der Waals surface area contributed by atoms with E-state index in [0.29, 0.717) is 34.8 Å². The molecule has 2 aliphatic rings. The lowest BCUT2D eigenvalue weighted by molar-refractivity contribution is 0.0950. The number of rotatable bonds is 8. The lowest BCUT2D eigenvalue weighted by Gasteiger charge is -2.14. The Morgan fingerprint density at radius 1 is 1.19 bits per heavy atom. The molecular formula is C28H28FN5O2S. The van der Waals surface area contributed by atoms with Crippen LogP contribution in [0.2, 0.25) is 0 Å². The zero-order valence-electron chi connectivity index (χ0n) is 20.5. The summed E-state index contributed by atoms with van der Waals surface area (Å²) in [5, 5.41) is 11.3. The molecule has 2 aromatic heterocycles. The molecule has 4 aromatic rings. The number of halogens is 1. The van der Waals surface area contributed by atoms with E-state index in [0.717, 1.165) is 47.6 Å². The number of anilines is 1. The average Bonchev–Trinajstić information content (AvgIpc) is 3.35. The van der Waals surface area contributed by atoms with Crippen LogP contribution in [-0.2, 0) is 0 Å². The third-order valence-electron chi connectivity index (χ3n) is 6.75. The number of nitrogens with one attached hydrogen (secondary N) is 2. The summed E-state index contributed by atoms with van der Waals surface area (Å²) in [7, 11) is 0. The van der Waals surface area contributed by atoms with Gasteiger partial charge in [-0.1, -0.05) is 12.1 Å². The maximum atomic E-state index is 13.8. The Balaban J connectivity index is 1.36. The summed E-state index contributed by atoms with van der Waals surface area (Å²) in [6.07, 6.45) is 5.06. The SMILES string of the molecule is Cc1cc(-c2cnc3c(NCC4CCSC4)cc(Oc4cccc(F)c4)nn23)ccc1C(=O)NC1CC1. The topological polar surface area (TPSA) is 80.6 Å². The maximum absolute atomic E-state index is 13.8. The summed E-state index contributed by atoms with van der Waals surface area (Å²) in [5.74, 6) is 3.21. The highest BCUT2D eigenvalue weighted by molar-refractivity contribution is 7.99. The van der Waals surface area contributed by atoms with Crippen LogP contribution in [0.5, 0.6) is 11.6 Å². The molecule has 6 rings (SSSR count). The summed E-state index contributed by atoms with van der Waals surface area (Å²) in [4.78, 5) is 17.3. The molecule has 0 spiro atoms. The monoisotopic (exact) mass is 517 g/mol. The number of amides is 1. The van der Waals surface area contributed by atoms with Gasteiger partial charge in [0, 0.05) is 35.8 Å². The van der Waals surface area contributed by atoms with E-state index in [2.05, 4.69) is 15.6 Å². The van der Waals surface area contributed by atoms with Gasteiger partial charge in [-0.25, -0.2) is 13.9 Å². The summed E-state index contributed by atoms with van der Waals surface area (Å²) in [6, 6.07) is 13.9. The van der Waals surface area contributed by atoms with E-state index in [1.165, 1.54) is 24.3 Å². The van der Waals surface area contributed by atoms with Gasteiger partial charge in [-0.2, -0.15) is 11.8 Å². The van der Waals surface area contributed by atoms with E-state index in [1.54, 1.807) is 22.8 Å². The second-order valence-corrected chi connectivity index (χ2v) is 10.9. The lowest BCUT2D eigenvalue weighted by Crippen LogP contribution is -2.26. The highest BCUT2D eigenvalue weighted by atomic mass is 32.2. The normalized spacial score (nSPS) is 17.2. The number of aromatic nitrogens is 3. The van der Waals surface area contributed by atoms with Crippen molar-refractivity contribution in [2.24, 2.45) is 5.92 Å². The predicted molar refractivity (Wildman–Crippen MR) is 144 cm³/mol. The van der Waals surface area contributed by atoms with E-state index < -0.39 is 0 Å². The first-order valence-corrected chi connectivity index (χ1v) is 13.7. The molecule has 190 valence electrons. The lowest BCUT2D eigenvalue weighted by atomic mass is 10.0. The minimum Gasteiger partial charge on any atom is -0.437 e. The van der Waals surface area contributed by atoms with E-state index in [9.17, 15) is 9.18 Å². The van der Waals surface area contributed by atoms with Crippen molar-refractivity contribution in [3.8, 4) is 22.9 Å². The molecule has 1 atom stereocenters. The summed E-state index contributed by atoms with van der Waals surface area (Å²) >= 11 is 1.98. The average molecular weight is 518 g/mol. The van der Waals surface area contributed by atoms with Crippen molar-refractivity contribution in [1.82, 2.24) is 19.9 Å². The molecule has 9 heteroatoms. The highest BCUT2D eigenvalue weighted by Crippen LogP contribution is 2.31. The molecule has 1 amide bonds. The molecule has 3 heterocycles. The number of nitrogens with zero attached hydrogens (tertiary/aromatic N) is 3. The molecule has 7 nitrogen and oxygen atoms in total. The van der Waals surface area contributed by atoms with E-state index in [-0.39, 0.29) is 11.7 Å². The van der Waals surface area contributed by atoms with Crippen LogP contribution < -0.4 is 15.4 Å². The van der Waals surface area contributed by atoms with Gasteiger partial charge in [0.25, 0.3) is 5.91 Å². The quantitative estimate of drug-likeness (QED) is 0.312. The van der Waals surface area contributed by atoms with Gasteiger partial charge in [0.05, 0.1) is 17.6 Å². The second-order valence-electron chi connectivity index (χ2n) is 9.72. The van der Waals surface area contributed by atoms with Gasteiger partial charge in [0.15, 0.2) is 5.65 Å². The number of fused-ring (bicyclic) bond motifs is 1. The number of aryl methyl sites for hydroxylation is 1. The van der Waals surface area contributed by atoms with Crippen LogP contribution in [0.15, 0.2) is 54.7 Å². The van der Waals surface area contributed by atoms with Gasteiger partial charge in [0.2, 0.25) is 5.88 Å². The Kier molecular flexibility index (Phi) is 6.46. The van der Waals surface area contributed by atoms with Gasteiger partial charge in [-0.15, -0.1) is 5.10 Å². The van der Waals surface area contributed by atoms with Crippen molar-refractivity contribution in [3.05, 3.63) is 71.7 Å². The number of hydrogen-bond donors (Lipinski definition) is 2. The van der Waals surface area contributed by atoms with Crippen LogP contribution in [0.4, 0.5) is 10.1 Å². The van der Waals surface area contributed by atoms with Crippen LogP contribution in [-0.4, -0.2) is 44.6 Å². The van der Waals surface area contributed by atoms with Crippen LogP contribution in [0.1, 0.15) is 35.2 Å². The fourth-order valence-corrected chi connectivity index (χ4v) is 5.83. The van der Waals surface area contributed by atoms with Gasteiger partial charge < -0.3 is 15.4 Å². The largest absolute Gasteiger partial charge is 0.437 e. The second kappa shape index (κ2) is 10.0. The predicted octanol–water partition coefficient (Wildman–Crippen LogP) is 5.69. The number of thioether (sulfide) groups is 1. The van der Waals surface area contributed by atoms with Crippen molar-refractivity contribution in [2.75, 3.05) is 23.4 Å². The Labute approximate surface area is 218 Å². The zero-order valence-corrected chi connectivity index (χ0v) is 21.4. The third kappa shape index (κ3) is 5.27. The zero-order chi connectivity index (χ0) is 25.4. The van der Waals surface area contributed by atoms with Crippen molar-refractivity contribution in [3.63, 3.8) is 0 Å². The minimum absolute atomic E-state index is 0.0369. The maximum Gasteiger partial charge on any atom is 0.251 e. The number of hydrogen-bond acceptors (Lipinski definition) is 6. The van der Waals surface area contributed by atoms with E-state index in [4.69, 9.17) is 9.84 Å². The third-order valence-corrected chi connectivity index (χ3v) is 7.98. The first-order chi connectivity index (χ1) is 18.0. The van der Waals surface area contributed by atoms with Crippen LogP contribution in [0, 0.1) is 18.7 Å². The Morgan fingerprint density at radius 3 is 2.84 bits per heavy atom. The summed E-state index contributed by atoms with van der Waals surface area (Å²) in [6.45, 7) is 2.77. The van der Waals surface area contributed by atoms with Gasteiger partial charge in [0.1, 0.15) is 11.6 Å². The molecule has 2 fully saturated rings. The number of carbonyl (C=O) groups excluding carboxylic acids is 1. The number of benzene rings is 2. The molecule has 2 aromatic carbocycles. The smallest absolute Gasteiger partial charge is 0.251 e. The number of imidazole rings is 1. The molecular weight excluding hydrogens is 489 g/mol. The van der Waals surface area contributed by atoms with Crippen LogP contribution in [0.25, 0.3) is 16.9 Å². The molecule has 0 bridgehead atoms. The van der Waals surface area contributed by atoms with Crippen molar-refractivity contribution in [2.45, 2.75) is 32.2 Å². The first kappa shape index (κ1) is 23.8. The van der Waals surface area contributed by atoms with Gasteiger partial charge in [-0.05, 0) is 73.4 Å². The fourth-order valence-electron chi connectivity index (χ4n) is 4.54. The Morgan fingerprint density at radius 2 is 2.08 bits per heavy atom. The highest BCUT2D eigenvalue weighted by Gasteiger charge is 2.25. The van der Waals surface area contributed by atoms with E-state index in [1.807, 2.05) is 43.0 Å². The Bertz CT molecular complexity index is 1460. The first-order valence-electron chi connectivity index (χ1n) is 12.6. The minimum atomic E-state index is -0.375. The molecule has 0 radical (unpaired) electrons. The number of ether oxygens (including phenoxy) is 1. The number of carbonyl (C=O) groups is 1. The molecule has 1 saturated carbocycles. The summed E-state index contributed by atoms with van der Waals surface area (Å²) in [5.41, 5.74) is 4.71. The molecule has 2 N–H and O–H groups in total. The van der Waals surface area contributed by atoms with Crippen molar-refractivity contribution in [1.29, 1.82) is 0 Å². The van der Waals surface area contributed by atoms with Crippen molar-refractivity contribution >= 4 is 29.0 Å². The van der Waals surface area contributed by atoms with Gasteiger partial charge in [-0.3, -0.25) is 4.79 Å². The van der Waals surface area contributed by atoms with Gasteiger partial charge >= 0.3 is 0 Å². The molecule has 37 heavy (non-hydrogen) atoms. The molecule has 1 unspecified atom stereocenters.